The number of thiazole rings is 1. The van der Waals surface area contributed by atoms with Crippen molar-refractivity contribution in [3.63, 3.8) is 0 Å². The lowest BCUT2D eigenvalue weighted by molar-refractivity contribution is 0.555. The van der Waals surface area contributed by atoms with Crippen LogP contribution in [0.25, 0.3) is 0 Å². The first-order chi connectivity index (χ1) is 8.67. The highest BCUT2D eigenvalue weighted by Gasteiger charge is 2.11. The van der Waals surface area contributed by atoms with Gasteiger partial charge in [-0.25, -0.2) is 9.97 Å². The maximum Gasteiger partial charge on any atom is 0.123 e. The van der Waals surface area contributed by atoms with Crippen LogP contribution in [0.2, 0.25) is 0 Å². The van der Waals surface area contributed by atoms with Crippen molar-refractivity contribution < 1.29 is 0 Å². The number of nitrogens with zero attached hydrogens (tertiary/aromatic N) is 2. The average molecular weight is 262 g/mol. The lowest BCUT2D eigenvalue weighted by atomic mass is 10.0. The third-order valence-electron chi connectivity index (χ3n) is 2.82. The standard InChI is InChI=1S/C13H18N4S/c1-9-8-18-13(17-9)7-11(15-2)5-10-3-4-16-12(14)6-10/h3-4,6,8,11,15H,5,7H2,1-2H3,(H2,14,16). The van der Waals surface area contributed by atoms with Crippen molar-refractivity contribution >= 4 is 17.2 Å². The summed E-state index contributed by atoms with van der Waals surface area (Å²) in [5.74, 6) is 0.576. The minimum atomic E-state index is 0.373. The zero-order valence-electron chi connectivity index (χ0n) is 10.7. The van der Waals surface area contributed by atoms with Gasteiger partial charge in [-0.1, -0.05) is 0 Å². The van der Waals surface area contributed by atoms with Crippen molar-refractivity contribution in [1.29, 1.82) is 0 Å². The van der Waals surface area contributed by atoms with Crippen LogP contribution in [0.4, 0.5) is 5.82 Å². The second kappa shape index (κ2) is 5.93. The summed E-state index contributed by atoms with van der Waals surface area (Å²) < 4.78 is 0. The molecule has 2 rings (SSSR count). The molecule has 0 bridgehead atoms. The van der Waals surface area contributed by atoms with E-state index in [2.05, 4.69) is 20.7 Å². The van der Waals surface area contributed by atoms with E-state index in [1.54, 1.807) is 17.5 Å². The Morgan fingerprint density at radius 1 is 1.44 bits per heavy atom. The van der Waals surface area contributed by atoms with Crippen molar-refractivity contribution in [2.75, 3.05) is 12.8 Å². The fourth-order valence-electron chi connectivity index (χ4n) is 1.89. The number of nitrogens with one attached hydrogen (secondary N) is 1. The van der Waals surface area contributed by atoms with Crippen LogP contribution in [0.5, 0.6) is 0 Å². The van der Waals surface area contributed by atoms with Crippen LogP contribution in [0.3, 0.4) is 0 Å². The summed E-state index contributed by atoms with van der Waals surface area (Å²) in [5, 5.41) is 6.60. The molecule has 0 aliphatic rings. The molecule has 5 heteroatoms. The first kappa shape index (κ1) is 13.0. The molecule has 1 unspecified atom stereocenters. The number of aromatic nitrogens is 2. The Morgan fingerprint density at radius 3 is 2.89 bits per heavy atom. The molecular weight excluding hydrogens is 244 g/mol. The van der Waals surface area contributed by atoms with Gasteiger partial charge in [0.15, 0.2) is 0 Å². The molecule has 0 aliphatic carbocycles. The molecule has 0 spiro atoms. The van der Waals surface area contributed by atoms with E-state index in [0.717, 1.165) is 18.5 Å². The maximum absolute atomic E-state index is 5.69. The fraction of sp³-hybridized carbons (Fsp3) is 0.385. The Hall–Kier alpha value is -1.46. The Labute approximate surface area is 111 Å². The first-order valence-electron chi connectivity index (χ1n) is 5.96. The number of aryl methyl sites for hydroxylation is 1. The molecule has 4 nitrogen and oxygen atoms in total. The van der Waals surface area contributed by atoms with E-state index < -0.39 is 0 Å². The van der Waals surface area contributed by atoms with Gasteiger partial charge in [-0.2, -0.15) is 0 Å². The molecular formula is C13H18N4S. The maximum atomic E-state index is 5.69. The summed E-state index contributed by atoms with van der Waals surface area (Å²) >= 11 is 1.72. The van der Waals surface area contributed by atoms with Crippen LogP contribution in [0.1, 0.15) is 16.3 Å². The van der Waals surface area contributed by atoms with Gasteiger partial charge in [-0.3, -0.25) is 0 Å². The second-order valence-electron chi connectivity index (χ2n) is 4.37. The smallest absolute Gasteiger partial charge is 0.123 e. The van der Waals surface area contributed by atoms with Gasteiger partial charge in [0.05, 0.1) is 5.01 Å². The van der Waals surface area contributed by atoms with Crippen molar-refractivity contribution in [3.8, 4) is 0 Å². The minimum Gasteiger partial charge on any atom is -0.384 e. The topological polar surface area (TPSA) is 63.8 Å². The zero-order chi connectivity index (χ0) is 13.0. The van der Waals surface area contributed by atoms with Gasteiger partial charge in [0.2, 0.25) is 0 Å². The van der Waals surface area contributed by atoms with Crippen molar-refractivity contribution in [2.45, 2.75) is 25.8 Å². The molecule has 2 aromatic rings. The highest BCUT2D eigenvalue weighted by atomic mass is 32.1. The molecule has 0 saturated carbocycles. The number of pyridine rings is 1. The summed E-state index contributed by atoms with van der Waals surface area (Å²) in [7, 11) is 1.98. The monoisotopic (exact) mass is 262 g/mol. The molecule has 0 radical (unpaired) electrons. The number of likely N-dealkylation sites (N-methyl/N-ethyl adjacent to an activating group) is 1. The Balaban J connectivity index is 2.01. The molecule has 0 saturated heterocycles. The molecule has 2 heterocycles. The van der Waals surface area contributed by atoms with Crippen molar-refractivity contribution in [3.05, 3.63) is 40.0 Å². The van der Waals surface area contributed by atoms with E-state index in [1.165, 1.54) is 10.6 Å². The lowest BCUT2D eigenvalue weighted by Crippen LogP contribution is -2.29. The summed E-state index contributed by atoms with van der Waals surface area (Å²) in [6.07, 6.45) is 3.63. The van der Waals surface area contributed by atoms with Gasteiger partial charge < -0.3 is 11.1 Å². The molecule has 96 valence electrons. The number of nitrogens with two attached hydrogens (primary N) is 1. The second-order valence-corrected chi connectivity index (χ2v) is 5.31. The summed E-state index contributed by atoms with van der Waals surface area (Å²) in [6, 6.07) is 4.31. The lowest BCUT2D eigenvalue weighted by Gasteiger charge is -2.14. The van der Waals surface area contributed by atoms with E-state index in [-0.39, 0.29) is 0 Å². The fourth-order valence-corrected chi connectivity index (χ4v) is 2.74. The minimum absolute atomic E-state index is 0.373. The van der Waals surface area contributed by atoms with Crippen LogP contribution in [-0.4, -0.2) is 23.1 Å². The SMILES string of the molecule is CNC(Cc1ccnc(N)c1)Cc1nc(C)cs1. The van der Waals surface area contributed by atoms with Crippen LogP contribution < -0.4 is 11.1 Å². The predicted octanol–water partition coefficient (Wildman–Crippen LogP) is 1.80. The number of anilines is 1. The first-order valence-corrected chi connectivity index (χ1v) is 6.84. The highest BCUT2D eigenvalue weighted by molar-refractivity contribution is 7.09. The van der Waals surface area contributed by atoms with Crippen LogP contribution in [-0.2, 0) is 12.8 Å². The van der Waals surface area contributed by atoms with Gasteiger partial charge >= 0.3 is 0 Å². The molecule has 18 heavy (non-hydrogen) atoms. The Morgan fingerprint density at radius 2 is 2.28 bits per heavy atom. The number of rotatable bonds is 5. The van der Waals surface area contributed by atoms with Crippen molar-refractivity contribution in [2.24, 2.45) is 0 Å². The third-order valence-corrected chi connectivity index (χ3v) is 3.81. The van der Waals surface area contributed by atoms with E-state index in [4.69, 9.17) is 5.73 Å². The molecule has 0 fully saturated rings. The number of hydrogen-bond acceptors (Lipinski definition) is 5. The Bertz CT molecular complexity index is 509. The summed E-state index contributed by atoms with van der Waals surface area (Å²) in [5.41, 5.74) is 7.99. The summed E-state index contributed by atoms with van der Waals surface area (Å²) in [4.78, 5) is 8.51. The largest absolute Gasteiger partial charge is 0.384 e. The van der Waals surface area contributed by atoms with Crippen LogP contribution in [0, 0.1) is 6.92 Å². The molecule has 1 atom stereocenters. The average Bonchev–Trinajstić information content (AvgIpc) is 2.74. The van der Waals surface area contributed by atoms with Gasteiger partial charge in [0, 0.05) is 29.7 Å². The van der Waals surface area contributed by atoms with Gasteiger partial charge in [-0.15, -0.1) is 11.3 Å². The molecule has 0 amide bonds. The Kier molecular flexibility index (Phi) is 4.28. The molecule has 3 N–H and O–H groups in total. The molecule has 0 aliphatic heterocycles. The van der Waals surface area contributed by atoms with Gasteiger partial charge in [-0.05, 0) is 38.1 Å². The zero-order valence-corrected chi connectivity index (χ0v) is 11.5. The third kappa shape index (κ3) is 3.51. The number of nitrogen functional groups attached to an aromatic ring is 1. The van der Waals surface area contributed by atoms with Crippen LogP contribution in [0.15, 0.2) is 23.7 Å². The van der Waals surface area contributed by atoms with Crippen molar-refractivity contribution in [1.82, 2.24) is 15.3 Å². The van der Waals surface area contributed by atoms with E-state index in [9.17, 15) is 0 Å². The molecule has 2 aromatic heterocycles. The van der Waals surface area contributed by atoms with Gasteiger partial charge in [0.25, 0.3) is 0 Å². The number of hydrogen-bond donors (Lipinski definition) is 2. The molecule has 0 aromatic carbocycles. The normalized spacial score (nSPS) is 12.6. The van der Waals surface area contributed by atoms with E-state index in [1.807, 2.05) is 26.1 Å². The highest BCUT2D eigenvalue weighted by Crippen LogP contribution is 2.14. The quantitative estimate of drug-likeness (QED) is 0.862. The van der Waals surface area contributed by atoms with Gasteiger partial charge in [0.1, 0.15) is 5.82 Å². The van der Waals surface area contributed by atoms with Crippen LogP contribution >= 0.6 is 11.3 Å². The predicted molar refractivity (Wildman–Crippen MR) is 75.8 cm³/mol. The van der Waals surface area contributed by atoms with E-state index >= 15 is 0 Å². The van der Waals surface area contributed by atoms with E-state index in [0.29, 0.717) is 11.9 Å². The summed E-state index contributed by atoms with van der Waals surface area (Å²) in [6.45, 7) is 2.03.